The molecule has 3 aromatic carbocycles. The van der Waals surface area contributed by atoms with E-state index in [9.17, 15) is 31.5 Å². The van der Waals surface area contributed by atoms with Crippen LogP contribution in [0.2, 0.25) is 0 Å². The average Bonchev–Trinajstić information content (AvgIpc) is 2.77. The van der Waals surface area contributed by atoms with Crippen molar-refractivity contribution in [3.63, 3.8) is 0 Å². The summed E-state index contributed by atoms with van der Waals surface area (Å²) in [5.74, 6) is -0.900. The van der Waals surface area contributed by atoms with Crippen LogP contribution in [-0.4, -0.2) is 30.7 Å². The normalized spacial score (nSPS) is 12.0. The first-order chi connectivity index (χ1) is 15.9. The number of carbonyl (C=O) groups is 1. The molecule has 0 saturated carbocycles. The van der Waals surface area contributed by atoms with E-state index >= 15 is 0 Å². The van der Waals surface area contributed by atoms with Gasteiger partial charge in [-0.2, -0.15) is 13.2 Å². The van der Waals surface area contributed by atoms with Gasteiger partial charge in [-0.25, -0.2) is 13.2 Å². The molecule has 0 aliphatic rings. The van der Waals surface area contributed by atoms with E-state index in [1.165, 1.54) is 36.4 Å². The van der Waals surface area contributed by atoms with Gasteiger partial charge in [0.1, 0.15) is 11.5 Å². The number of carboxylic acids is 1. The van der Waals surface area contributed by atoms with Gasteiger partial charge in [-0.05, 0) is 42.0 Å². The molecule has 0 fully saturated rings. The average molecular weight is 487 g/mol. The summed E-state index contributed by atoms with van der Waals surface area (Å²) in [6.45, 7) is 0. The van der Waals surface area contributed by atoms with Crippen molar-refractivity contribution in [3.05, 3.63) is 84.1 Å². The highest BCUT2D eigenvalue weighted by Crippen LogP contribution is 2.39. The largest absolute Gasteiger partial charge is 0.478 e. The van der Waals surface area contributed by atoms with E-state index in [4.69, 9.17) is 4.74 Å². The highest BCUT2D eigenvalue weighted by molar-refractivity contribution is 7.90. The zero-order chi connectivity index (χ0) is 24.7. The third-order valence-electron chi connectivity index (χ3n) is 5.03. The molecule has 0 bridgehead atoms. The summed E-state index contributed by atoms with van der Waals surface area (Å²) in [6.07, 6.45) is -2.72. The number of nitrogens with zero attached hydrogens (tertiary/aromatic N) is 1. The molecule has 4 rings (SSSR count). The maximum atomic E-state index is 13.5. The number of pyridine rings is 1. The Labute approximate surface area is 192 Å². The maximum Gasteiger partial charge on any atom is 0.418 e. The van der Waals surface area contributed by atoms with Crippen molar-refractivity contribution in [3.8, 4) is 22.6 Å². The van der Waals surface area contributed by atoms with Gasteiger partial charge in [-0.15, -0.1) is 0 Å². The summed E-state index contributed by atoms with van der Waals surface area (Å²) in [5, 5.41) is 9.70. The van der Waals surface area contributed by atoms with Gasteiger partial charge in [0, 0.05) is 23.4 Å². The molecular weight excluding hydrogens is 471 g/mol. The molecule has 1 heterocycles. The zero-order valence-electron chi connectivity index (χ0n) is 17.5. The predicted molar refractivity (Wildman–Crippen MR) is 119 cm³/mol. The number of rotatable bonds is 5. The van der Waals surface area contributed by atoms with Crippen molar-refractivity contribution < 1.29 is 36.2 Å². The van der Waals surface area contributed by atoms with Gasteiger partial charge in [0.2, 0.25) is 0 Å². The van der Waals surface area contributed by atoms with Crippen molar-refractivity contribution in [1.82, 2.24) is 4.98 Å². The Morgan fingerprint density at radius 2 is 1.62 bits per heavy atom. The SMILES string of the molecule is CS(=O)(=O)c1cccc(Oc2cccc(-c3c(C(=O)O)cnc4c(C(F)(F)F)cccc34)c2)c1. The molecular formula is C24H16F3NO5S. The molecule has 0 spiro atoms. The van der Waals surface area contributed by atoms with Crippen molar-refractivity contribution in [2.75, 3.05) is 6.26 Å². The molecule has 0 atom stereocenters. The lowest BCUT2D eigenvalue weighted by Crippen LogP contribution is -2.08. The van der Waals surface area contributed by atoms with E-state index in [-0.39, 0.29) is 38.4 Å². The van der Waals surface area contributed by atoms with Crippen LogP contribution in [0.15, 0.2) is 77.8 Å². The van der Waals surface area contributed by atoms with Crippen LogP contribution in [-0.2, 0) is 16.0 Å². The van der Waals surface area contributed by atoms with E-state index in [0.29, 0.717) is 5.56 Å². The van der Waals surface area contributed by atoms with E-state index < -0.39 is 27.5 Å². The Kier molecular flexibility index (Phi) is 5.78. The monoisotopic (exact) mass is 487 g/mol. The molecule has 0 radical (unpaired) electrons. The van der Waals surface area contributed by atoms with Gasteiger partial charge in [-0.1, -0.05) is 30.3 Å². The van der Waals surface area contributed by atoms with Crippen molar-refractivity contribution in [2.24, 2.45) is 0 Å². The Bertz CT molecular complexity index is 1530. The molecule has 0 amide bonds. The maximum absolute atomic E-state index is 13.5. The minimum atomic E-state index is -4.68. The third kappa shape index (κ3) is 4.58. The Morgan fingerprint density at radius 3 is 2.26 bits per heavy atom. The minimum Gasteiger partial charge on any atom is -0.478 e. The van der Waals surface area contributed by atoms with Crippen LogP contribution in [0.1, 0.15) is 15.9 Å². The number of aromatic nitrogens is 1. The number of hydrogen-bond donors (Lipinski definition) is 1. The van der Waals surface area contributed by atoms with E-state index in [0.717, 1.165) is 18.5 Å². The molecule has 10 heteroatoms. The molecule has 0 saturated heterocycles. The van der Waals surface area contributed by atoms with Crippen molar-refractivity contribution in [2.45, 2.75) is 11.1 Å². The molecule has 4 aromatic rings. The van der Waals surface area contributed by atoms with Crippen LogP contribution in [0.5, 0.6) is 11.5 Å². The van der Waals surface area contributed by atoms with E-state index in [2.05, 4.69) is 4.98 Å². The quantitative estimate of drug-likeness (QED) is 0.382. The smallest absolute Gasteiger partial charge is 0.418 e. The van der Waals surface area contributed by atoms with Gasteiger partial charge >= 0.3 is 12.1 Å². The molecule has 34 heavy (non-hydrogen) atoms. The lowest BCUT2D eigenvalue weighted by Gasteiger charge is -2.15. The Morgan fingerprint density at radius 1 is 0.971 bits per heavy atom. The number of aromatic carboxylic acids is 1. The van der Waals surface area contributed by atoms with E-state index in [1.807, 2.05) is 0 Å². The van der Waals surface area contributed by atoms with Crippen LogP contribution in [0, 0.1) is 0 Å². The van der Waals surface area contributed by atoms with Crippen molar-refractivity contribution >= 4 is 26.7 Å². The second-order valence-corrected chi connectivity index (χ2v) is 9.44. The minimum absolute atomic E-state index is 0.0194. The third-order valence-corrected chi connectivity index (χ3v) is 6.14. The topological polar surface area (TPSA) is 93.6 Å². The van der Waals surface area contributed by atoms with Crippen LogP contribution < -0.4 is 4.74 Å². The lowest BCUT2D eigenvalue weighted by molar-refractivity contribution is -0.136. The Balaban J connectivity index is 1.87. The molecule has 0 unspecified atom stereocenters. The standard InChI is InChI=1S/C24H16F3NO5S/c1-34(31,32)17-8-3-7-16(12-17)33-15-6-2-5-14(11-15)21-18-9-4-10-20(24(25,26)27)22(18)28-13-19(21)23(29)30/h2-13H,1H3,(H,29,30). The molecule has 6 nitrogen and oxygen atoms in total. The second kappa shape index (κ2) is 8.45. The molecule has 1 aromatic heterocycles. The number of halogens is 3. The summed E-state index contributed by atoms with van der Waals surface area (Å²) in [5.41, 5.74) is -1.28. The van der Waals surface area contributed by atoms with Gasteiger partial charge in [0.25, 0.3) is 0 Å². The fourth-order valence-corrected chi connectivity index (χ4v) is 4.20. The number of alkyl halides is 3. The number of benzene rings is 3. The second-order valence-electron chi connectivity index (χ2n) is 7.43. The number of carboxylic acid groups (broad SMARTS) is 1. The number of ether oxygens (including phenoxy) is 1. The van der Waals surface area contributed by atoms with Gasteiger partial charge in [-0.3, -0.25) is 4.98 Å². The Hall–Kier alpha value is -3.92. The number of sulfone groups is 1. The lowest BCUT2D eigenvalue weighted by atomic mass is 9.94. The first-order valence-electron chi connectivity index (χ1n) is 9.76. The van der Waals surface area contributed by atoms with Gasteiger partial charge in [0.05, 0.1) is 21.5 Å². The molecule has 1 N–H and O–H groups in total. The van der Waals surface area contributed by atoms with Crippen LogP contribution in [0.3, 0.4) is 0 Å². The van der Waals surface area contributed by atoms with Crippen LogP contribution in [0.25, 0.3) is 22.0 Å². The summed E-state index contributed by atoms with van der Waals surface area (Å²) < 4.78 is 69.9. The summed E-state index contributed by atoms with van der Waals surface area (Å²) >= 11 is 0. The van der Waals surface area contributed by atoms with Gasteiger partial charge in [0.15, 0.2) is 9.84 Å². The van der Waals surface area contributed by atoms with Crippen molar-refractivity contribution in [1.29, 1.82) is 0 Å². The first-order valence-corrected chi connectivity index (χ1v) is 11.6. The number of hydrogen-bond acceptors (Lipinski definition) is 5. The molecule has 0 aliphatic carbocycles. The summed E-state index contributed by atoms with van der Waals surface area (Å²) in [7, 11) is -3.47. The number of fused-ring (bicyclic) bond motifs is 1. The fourth-order valence-electron chi connectivity index (χ4n) is 3.54. The molecule has 174 valence electrons. The van der Waals surface area contributed by atoms with Crippen LogP contribution >= 0.6 is 0 Å². The van der Waals surface area contributed by atoms with Crippen LogP contribution in [0.4, 0.5) is 13.2 Å². The highest BCUT2D eigenvalue weighted by Gasteiger charge is 2.34. The number of para-hydroxylation sites is 1. The zero-order valence-corrected chi connectivity index (χ0v) is 18.3. The highest BCUT2D eigenvalue weighted by atomic mass is 32.2. The van der Waals surface area contributed by atoms with Gasteiger partial charge < -0.3 is 9.84 Å². The first kappa shape index (κ1) is 23.2. The summed E-state index contributed by atoms with van der Waals surface area (Å²) in [4.78, 5) is 15.7. The van der Waals surface area contributed by atoms with E-state index in [1.54, 1.807) is 24.3 Å². The molecule has 0 aliphatic heterocycles. The predicted octanol–water partition coefficient (Wildman–Crippen LogP) is 5.81. The fraction of sp³-hybridized carbons (Fsp3) is 0.0833. The summed E-state index contributed by atoms with van der Waals surface area (Å²) in [6, 6.07) is 15.4.